The highest BCUT2D eigenvalue weighted by molar-refractivity contribution is 6.30. The quantitative estimate of drug-likeness (QED) is 0.806. The summed E-state index contributed by atoms with van der Waals surface area (Å²) < 4.78 is 0. The monoisotopic (exact) mass is 334 g/mol. The molecule has 4 nitrogen and oxygen atoms in total. The molecule has 1 aromatic carbocycles. The van der Waals surface area contributed by atoms with Gasteiger partial charge < -0.3 is 10.2 Å². The molecular weight excluding hydrogens is 312 g/mol. The van der Waals surface area contributed by atoms with Crippen molar-refractivity contribution in [2.75, 3.05) is 18.0 Å². The molecule has 0 atom stereocenters. The lowest BCUT2D eigenvalue weighted by Crippen LogP contribution is -2.40. The highest BCUT2D eigenvalue weighted by atomic mass is 35.5. The summed E-state index contributed by atoms with van der Waals surface area (Å²) in [6.07, 6.45) is 7.97. The van der Waals surface area contributed by atoms with Crippen LogP contribution in [0.3, 0.4) is 0 Å². The number of nitrogens with zero attached hydrogens (tertiary/aromatic N) is 1. The molecule has 1 aliphatic carbocycles. The molecule has 124 valence electrons. The second-order valence-electron chi connectivity index (χ2n) is 5.79. The zero-order valence-electron chi connectivity index (χ0n) is 13.5. The molecule has 1 aromatic rings. The fourth-order valence-electron chi connectivity index (χ4n) is 2.72. The number of allylic oxidation sites excluding steroid dienone is 1. The van der Waals surface area contributed by atoms with Gasteiger partial charge in [-0.3, -0.25) is 9.59 Å². The van der Waals surface area contributed by atoms with Gasteiger partial charge in [0.15, 0.2) is 0 Å². The van der Waals surface area contributed by atoms with Crippen molar-refractivity contribution < 1.29 is 9.59 Å². The predicted molar refractivity (Wildman–Crippen MR) is 93.7 cm³/mol. The maximum absolute atomic E-state index is 12.1. The SMILES string of the molecule is CC(=O)N(CC(=O)NCCC1=CCCCC1)c1cccc(Cl)c1. The van der Waals surface area contributed by atoms with E-state index in [1.165, 1.54) is 30.2 Å². The zero-order valence-corrected chi connectivity index (χ0v) is 14.2. The number of hydrogen-bond acceptors (Lipinski definition) is 2. The maximum Gasteiger partial charge on any atom is 0.240 e. The van der Waals surface area contributed by atoms with Crippen LogP contribution in [0, 0.1) is 0 Å². The fraction of sp³-hybridized carbons (Fsp3) is 0.444. The Bertz CT molecular complexity index is 598. The lowest BCUT2D eigenvalue weighted by Gasteiger charge is -2.21. The van der Waals surface area contributed by atoms with Gasteiger partial charge in [-0.05, 0) is 50.3 Å². The van der Waals surface area contributed by atoms with Gasteiger partial charge >= 0.3 is 0 Å². The highest BCUT2D eigenvalue weighted by Gasteiger charge is 2.16. The van der Waals surface area contributed by atoms with E-state index < -0.39 is 0 Å². The Hall–Kier alpha value is -1.81. The number of hydrogen-bond donors (Lipinski definition) is 1. The molecule has 0 aliphatic heterocycles. The molecule has 23 heavy (non-hydrogen) atoms. The second kappa shape index (κ2) is 8.73. The number of carbonyl (C=O) groups is 2. The number of anilines is 1. The number of rotatable bonds is 6. The molecule has 1 N–H and O–H groups in total. The first-order chi connectivity index (χ1) is 11.1. The van der Waals surface area contributed by atoms with Crippen LogP contribution in [0.5, 0.6) is 0 Å². The van der Waals surface area contributed by atoms with Crippen molar-refractivity contribution in [3.8, 4) is 0 Å². The molecule has 5 heteroatoms. The van der Waals surface area contributed by atoms with Gasteiger partial charge in [0.25, 0.3) is 0 Å². The first-order valence-electron chi connectivity index (χ1n) is 8.04. The summed E-state index contributed by atoms with van der Waals surface area (Å²) in [5.74, 6) is -0.339. The molecule has 0 aromatic heterocycles. The van der Waals surface area contributed by atoms with Crippen LogP contribution in [-0.2, 0) is 9.59 Å². The summed E-state index contributed by atoms with van der Waals surface area (Å²) in [6.45, 7) is 2.07. The van der Waals surface area contributed by atoms with Crippen LogP contribution >= 0.6 is 11.6 Å². The van der Waals surface area contributed by atoms with Crippen molar-refractivity contribution in [1.29, 1.82) is 0 Å². The van der Waals surface area contributed by atoms with E-state index in [4.69, 9.17) is 11.6 Å². The standard InChI is InChI=1S/C18H23ClN2O2/c1-14(22)21(17-9-5-8-16(19)12-17)13-18(23)20-11-10-15-6-3-2-4-7-15/h5-6,8-9,12H,2-4,7,10-11,13H2,1H3,(H,20,23). The summed E-state index contributed by atoms with van der Waals surface area (Å²) in [5.41, 5.74) is 2.06. The molecule has 1 aliphatic rings. The van der Waals surface area contributed by atoms with Crippen molar-refractivity contribution in [2.24, 2.45) is 0 Å². The minimum atomic E-state index is -0.183. The number of benzene rings is 1. The summed E-state index contributed by atoms with van der Waals surface area (Å²) in [7, 11) is 0. The van der Waals surface area contributed by atoms with Crippen LogP contribution in [-0.4, -0.2) is 24.9 Å². The van der Waals surface area contributed by atoms with Crippen LogP contribution < -0.4 is 10.2 Å². The molecular formula is C18H23ClN2O2. The van der Waals surface area contributed by atoms with Crippen LogP contribution in [0.1, 0.15) is 39.0 Å². The van der Waals surface area contributed by atoms with Gasteiger partial charge in [-0.15, -0.1) is 0 Å². The normalized spacial score (nSPS) is 14.1. The van der Waals surface area contributed by atoms with Gasteiger partial charge in [-0.2, -0.15) is 0 Å². The Balaban J connectivity index is 1.86. The molecule has 0 fully saturated rings. The van der Waals surface area contributed by atoms with Crippen molar-refractivity contribution >= 4 is 29.1 Å². The van der Waals surface area contributed by atoms with Crippen LogP contribution in [0.15, 0.2) is 35.9 Å². The molecule has 2 rings (SSSR count). The maximum atomic E-state index is 12.1. The van der Waals surface area contributed by atoms with Gasteiger partial charge in [-0.1, -0.05) is 29.3 Å². The lowest BCUT2D eigenvalue weighted by atomic mass is 9.97. The number of nitrogens with one attached hydrogen (secondary N) is 1. The Labute approximate surface area is 142 Å². The number of amides is 2. The average molecular weight is 335 g/mol. The smallest absolute Gasteiger partial charge is 0.240 e. The number of halogens is 1. The first kappa shape index (κ1) is 17.5. The van der Waals surface area contributed by atoms with E-state index in [1.807, 2.05) is 0 Å². The minimum Gasteiger partial charge on any atom is -0.354 e. The Morgan fingerprint density at radius 2 is 2.13 bits per heavy atom. The first-order valence-corrected chi connectivity index (χ1v) is 8.42. The van der Waals surface area contributed by atoms with Crippen LogP contribution in [0.25, 0.3) is 0 Å². The molecule has 2 amide bonds. The third kappa shape index (κ3) is 5.71. The van der Waals surface area contributed by atoms with E-state index in [1.54, 1.807) is 24.3 Å². The third-order valence-corrected chi connectivity index (χ3v) is 4.19. The summed E-state index contributed by atoms with van der Waals surface area (Å²) in [5, 5.41) is 3.43. The van der Waals surface area contributed by atoms with Gasteiger partial charge in [0.1, 0.15) is 6.54 Å². The molecule has 0 unspecified atom stereocenters. The van der Waals surface area contributed by atoms with Gasteiger partial charge in [0.2, 0.25) is 11.8 Å². The molecule has 0 saturated carbocycles. The second-order valence-corrected chi connectivity index (χ2v) is 6.23. The molecule has 0 heterocycles. The third-order valence-electron chi connectivity index (χ3n) is 3.96. The van der Waals surface area contributed by atoms with Crippen LogP contribution in [0.2, 0.25) is 5.02 Å². The lowest BCUT2D eigenvalue weighted by molar-refractivity contribution is -0.123. The summed E-state index contributed by atoms with van der Waals surface area (Å²) in [6, 6.07) is 6.96. The van der Waals surface area contributed by atoms with E-state index in [9.17, 15) is 9.59 Å². The largest absolute Gasteiger partial charge is 0.354 e. The van der Waals surface area contributed by atoms with Gasteiger partial charge in [0.05, 0.1) is 0 Å². The molecule has 0 saturated heterocycles. The van der Waals surface area contributed by atoms with Crippen molar-refractivity contribution in [2.45, 2.75) is 39.0 Å². The highest BCUT2D eigenvalue weighted by Crippen LogP contribution is 2.20. The van der Waals surface area contributed by atoms with Crippen LogP contribution in [0.4, 0.5) is 5.69 Å². The van der Waals surface area contributed by atoms with E-state index in [2.05, 4.69) is 11.4 Å². The number of carbonyl (C=O) groups excluding carboxylic acids is 2. The Kier molecular flexibility index (Phi) is 6.66. The van der Waals surface area contributed by atoms with E-state index in [0.717, 1.165) is 19.3 Å². The summed E-state index contributed by atoms with van der Waals surface area (Å²) in [4.78, 5) is 25.3. The Morgan fingerprint density at radius 1 is 1.30 bits per heavy atom. The topological polar surface area (TPSA) is 49.4 Å². The molecule has 0 spiro atoms. The summed E-state index contributed by atoms with van der Waals surface area (Å²) >= 11 is 5.96. The molecule has 0 radical (unpaired) electrons. The zero-order chi connectivity index (χ0) is 16.7. The van der Waals surface area contributed by atoms with Crippen molar-refractivity contribution in [3.05, 3.63) is 40.9 Å². The van der Waals surface area contributed by atoms with E-state index in [-0.39, 0.29) is 18.4 Å². The van der Waals surface area contributed by atoms with Crippen molar-refractivity contribution in [1.82, 2.24) is 5.32 Å². The van der Waals surface area contributed by atoms with Gasteiger partial charge in [-0.25, -0.2) is 0 Å². The predicted octanol–water partition coefficient (Wildman–Crippen LogP) is 3.70. The Morgan fingerprint density at radius 3 is 2.78 bits per heavy atom. The minimum absolute atomic E-state index is 0.00865. The average Bonchev–Trinajstić information content (AvgIpc) is 2.53. The molecule has 0 bridgehead atoms. The van der Waals surface area contributed by atoms with Gasteiger partial charge in [0, 0.05) is 24.2 Å². The fourth-order valence-corrected chi connectivity index (χ4v) is 2.91. The van der Waals surface area contributed by atoms with E-state index >= 15 is 0 Å². The van der Waals surface area contributed by atoms with E-state index in [0.29, 0.717) is 17.3 Å². The van der Waals surface area contributed by atoms with Crippen molar-refractivity contribution in [3.63, 3.8) is 0 Å².